The van der Waals surface area contributed by atoms with Crippen molar-refractivity contribution >= 4 is 5.69 Å². The monoisotopic (exact) mass is 191 g/mol. The summed E-state index contributed by atoms with van der Waals surface area (Å²) in [6.45, 7) is 2.56. The molecule has 1 unspecified atom stereocenters. The molecular formula is C12H17NO. The second-order valence-corrected chi connectivity index (χ2v) is 3.95. The highest BCUT2D eigenvalue weighted by atomic mass is 16.3. The van der Waals surface area contributed by atoms with Crippen LogP contribution >= 0.6 is 0 Å². The summed E-state index contributed by atoms with van der Waals surface area (Å²) in [5.41, 5.74) is 1.31. The Morgan fingerprint density at radius 2 is 2.07 bits per heavy atom. The summed E-state index contributed by atoms with van der Waals surface area (Å²) in [5.74, 6) is 0.681. The number of anilines is 1. The number of nitrogens with zero attached hydrogens (tertiary/aromatic N) is 1. The van der Waals surface area contributed by atoms with Crippen LogP contribution in [-0.2, 0) is 0 Å². The van der Waals surface area contributed by atoms with Crippen LogP contribution in [0, 0.1) is 5.92 Å². The van der Waals surface area contributed by atoms with Crippen LogP contribution in [0.25, 0.3) is 0 Å². The number of aliphatic hydroxyl groups is 1. The molecule has 2 rings (SSSR count). The van der Waals surface area contributed by atoms with E-state index in [9.17, 15) is 0 Å². The van der Waals surface area contributed by atoms with Gasteiger partial charge >= 0.3 is 0 Å². The van der Waals surface area contributed by atoms with Crippen LogP contribution in [0.15, 0.2) is 30.3 Å². The van der Waals surface area contributed by atoms with Crippen LogP contribution < -0.4 is 4.90 Å². The Labute approximate surface area is 85.2 Å². The molecule has 1 fully saturated rings. The Bertz CT molecular complexity index is 273. The molecule has 0 amide bonds. The van der Waals surface area contributed by atoms with Crippen molar-refractivity contribution in [2.45, 2.75) is 12.8 Å². The van der Waals surface area contributed by atoms with E-state index in [2.05, 4.69) is 29.2 Å². The van der Waals surface area contributed by atoms with E-state index < -0.39 is 0 Å². The van der Waals surface area contributed by atoms with Crippen molar-refractivity contribution < 1.29 is 5.11 Å². The molecule has 0 spiro atoms. The summed E-state index contributed by atoms with van der Waals surface area (Å²) in [5, 5.41) is 8.86. The fraction of sp³-hybridized carbons (Fsp3) is 0.500. The summed E-state index contributed by atoms with van der Waals surface area (Å²) in [6.07, 6.45) is 2.17. The first-order valence-corrected chi connectivity index (χ1v) is 5.31. The van der Waals surface area contributed by atoms with Gasteiger partial charge in [0.1, 0.15) is 0 Å². The van der Waals surface area contributed by atoms with Gasteiger partial charge in [0.15, 0.2) is 0 Å². The van der Waals surface area contributed by atoms with Crippen molar-refractivity contribution in [3.05, 3.63) is 30.3 Å². The van der Waals surface area contributed by atoms with Gasteiger partial charge in [-0.3, -0.25) is 0 Å². The van der Waals surface area contributed by atoms with Crippen LogP contribution in [0.3, 0.4) is 0 Å². The van der Waals surface area contributed by atoms with E-state index in [1.54, 1.807) is 0 Å². The highest BCUT2D eigenvalue weighted by molar-refractivity contribution is 5.46. The first kappa shape index (κ1) is 9.53. The Hall–Kier alpha value is -1.02. The topological polar surface area (TPSA) is 23.5 Å². The largest absolute Gasteiger partial charge is 0.396 e. The molecule has 1 aliphatic heterocycles. The molecule has 0 bridgehead atoms. The predicted octanol–water partition coefficient (Wildman–Crippen LogP) is 1.90. The zero-order valence-electron chi connectivity index (χ0n) is 8.39. The maximum atomic E-state index is 8.86. The van der Waals surface area contributed by atoms with Crippen molar-refractivity contribution in [1.29, 1.82) is 0 Å². The molecule has 0 radical (unpaired) electrons. The van der Waals surface area contributed by atoms with Gasteiger partial charge in [-0.25, -0.2) is 0 Å². The number of benzene rings is 1. The second-order valence-electron chi connectivity index (χ2n) is 3.95. The smallest absolute Gasteiger partial charge is 0.0434 e. The minimum atomic E-state index is 0.327. The molecule has 0 aliphatic carbocycles. The molecule has 1 aliphatic rings. The lowest BCUT2D eigenvalue weighted by Gasteiger charge is -2.18. The molecule has 1 aromatic rings. The number of rotatable bonds is 3. The van der Waals surface area contributed by atoms with Crippen molar-refractivity contribution in [2.24, 2.45) is 5.92 Å². The van der Waals surface area contributed by atoms with Gasteiger partial charge in [-0.2, -0.15) is 0 Å². The number of aliphatic hydroxyl groups excluding tert-OH is 1. The van der Waals surface area contributed by atoms with Gasteiger partial charge < -0.3 is 10.0 Å². The summed E-state index contributed by atoms with van der Waals surface area (Å²) >= 11 is 0. The third kappa shape index (κ3) is 2.07. The normalized spacial score (nSPS) is 21.5. The highest BCUT2D eigenvalue weighted by Gasteiger charge is 2.21. The molecule has 1 N–H and O–H groups in total. The molecular weight excluding hydrogens is 174 g/mol. The van der Waals surface area contributed by atoms with E-state index in [1.165, 1.54) is 12.1 Å². The fourth-order valence-corrected chi connectivity index (χ4v) is 2.12. The molecule has 1 aromatic carbocycles. The Morgan fingerprint density at radius 1 is 1.29 bits per heavy atom. The van der Waals surface area contributed by atoms with Crippen molar-refractivity contribution in [1.82, 2.24) is 0 Å². The van der Waals surface area contributed by atoms with Gasteiger partial charge in [-0.1, -0.05) is 18.2 Å². The lowest BCUT2D eigenvalue weighted by molar-refractivity contribution is 0.263. The molecule has 1 heterocycles. The van der Waals surface area contributed by atoms with Crippen molar-refractivity contribution in [3.8, 4) is 0 Å². The lowest BCUT2D eigenvalue weighted by atomic mass is 10.1. The van der Waals surface area contributed by atoms with Crippen LogP contribution in [-0.4, -0.2) is 24.8 Å². The number of hydrogen-bond acceptors (Lipinski definition) is 2. The van der Waals surface area contributed by atoms with Crippen molar-refractivity contribution in [2.75, 3.05) is 24.6 Å². The van der Waals surface area contributed by atoms with Crippen LogP contribution in [0.4, 0.5) is 5.69 Å². The Kier molecular flexibility index (Phi) is 3.04. The lowest BCUT2D eigenvalue weighted by Crippen LogP contribution is -2.19. The van der Waals surface area contributed by atoms with Crippen LogP contribution in [0.5, 0.6) is 0 Å². The maximum absolute atomic E-state index is 8.86. The fourth-order valence-electron chi connectivity index (χ4n) is 2.12. The minimum Gasteiger partial charge on any atom is -0.396 e. The van der Waals surface area contributed by atoms with Gasteiger partial charge in [0.05, 0.1) is 0 Å². The van der Waals surface area contributed by atoms with E-state index in [0.717, 1.165) is 19.5 Å². The molecule has 0 saturated carbocycles. The molecule has 1 saturated heterocycles. The maximum Gasteiger partial charge on any atom is 0.0434 e. The summed E-state index contributed by atoms with van der Waals surface area (Å²) in [4.78, 5) is 2.40. The first-order valence-electron chi connectivity index (χ1n) is 5.31. The van der Waals surface area contributed by atoms with E-state index >= 15 is 0 Å². The van der Waals surface area contributed by atoms with Gasteiger partial charge in [0.25, 0.3) is 0 Å². The van der Waals surface area contributed by atoms with Gasteiger partial charge in [-0.05, 0) is 30.9 Å². The summed E-state index contributed by atoms with van der Waals surface area (Å²) in [6, 6.07) is 10.5. The minimum absolute atomic E-state index is 0.327. The Morgan fingerprint density at radius 3 is 2.79 bits per heavy atom. The standard InChI is InChI=1S/C12H17NO/c14-9-7-11-6-8-13(10-11)12-4-2-1-3-5-12/h1-5,11,14H,6-10H2. The van der Waals surface area contributed by atoms with Gasteiger partial charge in [0.2, 0.25) is 0 Å². The molecule has 2 heteroatoms. The zero-order chi connectivity index (χ0) is 9.80. The highest BCUT2D eigenvalue weighted by Crippen LogP contribution is 2.24. The van der Waals surface area contributed by atoms with Gasteiger partial charge in [0, 0.05) is 25.4 Å². The average Bonchev–Trinajstić information content (AvgIpc) is 2.68. The number of para-hydroxylation sites is 1. The third-order valence-electron chi connectivity index (χ3n) is 2.94. The quantitative estimate of drug-likeness (QED) is 0.788. The molecule has 76 valence electrons. The zero-order valence-corrected chi connectivity index (χ0v) is 8.39. The van der Waals surface area contributed by atoms with Crippen LogP contribution in [0.2, 0.25) is 0 Å². The molecule has 1 atom stereocenters. The second kappa shape index (κ2) is 4.47. The summed E-state index contributed by atoms with van der Waals surface area (Å²) in [7, 11) is 0. The molecule has 2 nitrogen and oxygen atoms in total. The summed E-state index contributed by atoms with van der Waals surface area (Å²) < 4.78 is 0. The third-order valence-corrected chi connectivity index (χ3v) is 2.94. The van der Waals surface area contributed by atoms with Crippen molar-refractivity contribution in [3.63, 3.8) is 0 Å². The van der Waals surface area contributed by atoms with Crippen LogP contribution in [0.1, 0.15) is 12.8 Å². The Balaban J connectivity index is 1.96. The average molecular weight is 191 g/mol. The first-order chi connectivity index (χ1) is 6.90. The van der Waals surface area contributed by atoms with E-state index in [0.29, 0.717) is 12.5 Å². The predicted molar refractivity (Wildman–Crippen MR) is 58.5 cm³/mol. The van der Waals surface area contributed by atoms with Gasteiger partial charge in [-0.15, -0.1) is 0 Å². The van der Waals surface area contributed by atoms with E-state index in [1.807, 2.05) is 6.07 Å². The number of hydrogen-bond donors (Lipinski definition) is 1. The molecule has 0 aromatic heterocycles. The molecule has 14 heavy (non-hydrogen) atoms. The van der Waals surface area contributed by atoms with E-state index in [-0.39, 0.29) is 0 Å². The van der Waals surface area contributed by atoms with E-state index in [4.69, 9.17) is 5.11 Å². The SMILES string of the molecule is OCCC1CCN(c2ccccc2)C1.